The standard InChI is InChI=1S/C22H26N2O4/c1-5-24(6-2)22(27)17-10-12-19(13-11-17)23-21(26)16(4)28-20-9-7-8-18(14-20)15(3)25/h7-14,16H,5-6H2,1-4H3,(H,23,26). The highest BCUT2D eigenvalue weighted by atomic mass is 16.5. The lowest BCUT2D eigenvalue weighted by Gasteiger charge is -2.19. The summed E-state index contributed by atoms with van der Waals surface area (Å²) in [6.07, 6.45) is -0.751. The van der Waals surface area contributed by atoms with E-state index in [9.17, 15) is 14.4 Å². The van der Waals surface area contributed by atoms with E-state index >= 15 is 0 Å². The number of hydrogen-bond acceptors (Lipinski definition) is 4. The van der Waals surface area contributed by atoms with E-state index in [-0.39, 0.29) is 17.6 Å². The third-order valence-corrected chi connectivity index (χ3v) is 4.37. The van der Waals surface area contributed by atoms with Crippen LogP contribution in [0.5, 0.6) is 5.75 Å². The third-order valence-electron chi connectivity index (χ3n) is 4.37. The Labute approximate surface area is 165 Å². The van der Waals surface area contributed by atoms with Gasteiger partial charge in [-0.1, -0.05) is 12.1 Å². The molecule has 0 radical (unpaired) electrons. The van der Waals surface area contributed by atoms with Gasteiger partial charge >= 0.3 is 0 Å². The highest BCUT2D eigenvalue weighted by Crippen LogP contribution is 2.17. The Balaban J connectivity index is 1.99. The summed E-state index contributed by atoms with van der Waals surface area (Å²) in [4.78, 5) is 37.9. The Morgan fingerprint density at radius 2 is 1.64 bits per heavy atom. The maximum Gasteiger partial charge on any atom is 0.265 e. The second kappa shape index (κ2) is 9.69. The monoisotopic (exact) mass is 382 g/mol. The van der Waals surface area contributed by atoms with Crippen LogP contribution in [0.4, 0.5) is 5.69 Å². The zero-order chi connectivity index (χ0) is 20.7. The van der Waals surface area contributed by atoms with Crippen molar-refractivity contribution in [3.05, 3.63) is 59.7 Å². The summed E-state index contributed by atoms with van der Waals surface area (Å²) in [6.45, 7) is 8.27. The van der Waals surface area contributed by atoms with E-state index in [1.54, 1.807) is 60.4 Å². The molecular formula is C22H26N2O4. The van der Waals surface area contributed by atoms with Gasteiger partial charge in [0.15, 0.2) is 11.9 Å². The lowest BCUT2D eigenvalue weighted by Crippen LogP contribution is -2.31. The maximum atomic E-state index is 12.4. The first-order valence-electron chi connectivity index (χ1n) is 9.33. The van der Waals surface area contributed by atoms with Crippen molar-refractivity contribution in [3.63, 3.8) is 0 Å². The van der Waals surface area contributed by atoms with Gasteiger partial charge in [0.2, 0.25) is 0 Å². The molecule has 2 aromatic rings. The van der Waals surface area contributed by atoms with Gasteiger partial charge in [-0.3, -0.25) is 14.4 Å². The molecule has 0 fully saturated rings. The third kappa shape index (κ3) is 5.42. The van der Waals surface area contributed by atoms with Crippen LogP contribution in [-0.2, 0) is 4.79 Å². The first kappa shape index (κ1) is 21.2. The number of rotatable bonds is 8. The maximum absolute atomic E-state index is 12.4. The molecule has 2 rings (SSSR count). The molecule has 148 valence electrons. The number of anilines is 1. The van der Waals surface area contributed by atoms with Gasteiger partial charge in [-0.05, 0) is 64.1 Å². The molecular weight excluding hydrogens is 356 g/mol. The van der Waals surface area contributed by atoms with Crippen molar-refractivity contribution in [2.75, 3.05) is 18.4 Å². The fraction of sp³-hybridized carbons (Fsp3) is 0.318. The molecule has 1 atom stereocenters. The molecule has 0 saturated heterocycles. The van der Waals surface area contributed by atoms with Gasteiger partial charge in [-0.25, -0.2) is 0 Å². The van der Waals surface area contributed by atoms with Gasteiger partial charge < -0.3 is 15.0 Å². The van der Waals surface area contributed by atoms with Crippen LogP contribution >= 0.6 is 0 Å². The van der Waals surface area contributed by atoms with Crippen LogP contribution in [0.25, 0.3) is 0 Å². The van der Waals surface area contributed by atoms with E-state index in [0.717, 1.165) is 0 Å². The minimum Gasteiger partial charge on any atom is -0.481 e. The zero-order valence-corrected chi connectivity index (χ0v) is 16.7. The highest BCUT2D eigenvalue weighted by molar-refractivity contribution is 5.97. The van der Waals surface area contributed by atoms with E-state index in [1.165, 1.54) is 6.92 Å². The number of benzene rings is 2. The Morgan fingerprint density at radius 3 is 2.21 bits per heavy atom. The van der Waals surface area contributed by atoms with Gasteiger partial charge in [-0.15, -0.1) is 0 Å². The molecule has 0 aromatic heterocycles. The molecule has 1 N–H and O–H groups in total. The van der Waals surface area contributed by atoms with Crippen LogP contribution in [0, 0.1) is 0 Å². The quantitative estimate of drug-likeness (QED) is 0.705. The molecule has 2 amide bonds. The number of ether oxygens (including phenoxy) is 1. The average Bonchev–Trinajstić information content (AvgIpc) is 2.69. The molecule has 0 spiro atoms. The number of amides is 2. The van der Waals surface area contributed by atoms with Gasteiger partial charge in [0.1, 0.15) is 5.75 Å². The van der Waals surface area contributed by atoms with Gasteiger partial charge in [0.25, 0.3) is 11.8 Å². The topological polar surface area (TPSA) is 75.7 Å². The number of nitrogens with zero attached hydrogens (tertiary/aromatic N) is 1. The largest absolute Gasteiger partial charge is 0.481 e. The Morgan fingerprint density at radius 1 is 1.00 bits per heavy atom. The van der Waals surface area contributed by atoms with Crippen molar-refractivity contribution >= 4 is 23.3 Å². The lowest BCUT2D eigenvalue weighted by atomic mass is 10.1. The van der Waals surface area contributed by atoms with E-state index in [0.29, 0.717) is 35.7 Å². The van der Waals surface area contributed by atoms with E-state index in [4.69, 9.17) is 4.74 Å². The van der Waals surface area contributed by atoms with E-state index < -0.39 is 6.10 Å². The Hall–Kier alpha value is -3.15. The molecule has 0 bridgehead atoms. The van der Waals surface area contributed by atoms with E-state index in [1.807, 2.05) is 13.8 Å². The summed E-state index contributed by atoms with van der Waals surface area (Å²) < 4.78 is 5.64. The molecule has 2 aromatic carbocycles. The normalized spacial score (nSPS) is 11.4. The second-order valence-electron chi connectivity index (χ2n) is 6.39. The number of hydrogen-bond donors (Lipinski definition) is 1. The fourth-order valence-corrected chi connectivity index (χ4v) is 2.68. The van der Waals surface area contributed by atoms with Crippen LogP contribution < -0.4 is 10.1 Å². The van der Waals surface area contributed by atoms with Crippen LogP contribution in [0.2, 0.25) is 0 Å². The van der Waals surface area contributed by atoms with Crippen molar-refractivity contribution in [3.8, 4) is 5.75 Å². The van der Waals surface area contributed by atoms with Gasteiger partial charge in [-0.2, -0.15) is 0 Å². The predicted molar refractivity (Wildman–Crippen MR) is 109 cm³/mol. The number of ketones is 1. The lowest BCUT2D eigenvalue weighted by molar-refractivity contribution is -0.122. The molecule has 6 heteroatoms. The van der Waals surface area contributed by atoms with E-state index in [2.05, 4.69) is 5.32 Å². The van der Waals surface area contributed by atoms with Gasteiger partial charge in [0.05, 0.1) is 0 Å². The summed E-state index contributed by atoms with van der Waals surface area (Å²) in [5.41, 5.74) is 1.68. The average molecular weight is 382 g/mol. The number of carbonyl (C=O) groups is 3. The number of nitrogens with one attached hydrogen (secondary N) is 1. The Bertz CT molecular complexity index is 842. The summed E-state index contributed by atoms with van der Waals surface area (Å²) >= 11 is 0. The molecule has 0 heterocycles. The molecule has 0 aliphatic rings. The van der Waals surface area contributed by atoms with Crippen LogP contribution in [-0.4, -0.2) is 41.7 Å². The van der Waals surface area contributed by atoms with Crippen molar-refractivity contribution in [1.82, 2.24) is 4.90 Å². The van der Waals surface area contributed by atoms with Crippen LogP contribution in [0.15, 0.2) is 48.5 Å². The first-order chi connectivity index (χ1) is 13.3. The minimum atomic E-state index is -0.751. The van der Waals surface area contributed by atoms with Crippen LogP contribution in [0.1, 0.15) is 48.4 Å². The van der Waals surface area contributed by atoms with Crippen LogP contribution in [0.3, 0.4) is 0 Å². The summed E-state index contributed by atoms with van der Waals surface area (Å²) in [5.74, 6) is 0.0263. The zero-order valence-electron chi connectivity index (χ0n) is 16.7. The summed E-state index contributed by atoms with van der Waals surface area (Å²) in [6, 6.07) is 13.5. The molecule has 0 saturated carbocycles. The first-order valence-corrected chi connectivity index (χ1v) is 9.33. The van der Waals surface area contributed by atoms with Crippen molar-refractivity contribution < 1.29 is 19.1 Å². The SMILES string of the molecule is CCN(CC)C(=O)c1ccc(NC(=O)C(C)Oc2cccc(C(C)=O)c2)cc1. The molecule has 6 nitrogen and oxygen atoms in total. The molecule has 1 unspecified atom stereocenters. The Kier molecular flexibility index (Phi) is 7.32. The smallest absolute Gasteiger partial charge is 0.265 e. The number of Topliss-reactive ketones (excluding diaryl/α,β-unsaturated/α-hetero) is 1. The van der Waals surface area contributed by atoms with Crippen molar-refractivity contribution in [2.45, 2.75) is 33.8 Å². The second-order valence-corrected chi connectivity index (χ2v) is 6.39. The van der Waals surface area contributed by atoms with Crippen molar-refractivity contribution in [1.29, 1.82) is 0 Å². The highest BCUT2D eigenvalue weighted by Gasteiger charge is 2.16. The predicted octanol–water partition coefficient (Wildman–Crippen LogP) is 3.78. The molecule has 0 aliphatic carbocycles. The van der Waals surface area contributed by atoms with Gasteiger partial charge in [0, 0.05) is 29.9 Å². The fourth-order valence-electron chi connectivity index (χ4n) is 2.68. The molecule has 28 heavy (non-hydrogen) atoms. The summed E-state index contributed by atoms with van der Waals surface area (Å²) in [5, 5.41) is 2.77. The van der Waals surface area contributed by atoms with Crippen molar-refractivity contribution in [2.24, 2.45) is 0 Å². The number of carbonyl (C=O) groups excluding carboxylic acids is 3. The minimum absolute atomic E-state index is 0.0371. The summed E-state index contributed by atoms with van der Waals surface area (Å²) in [7, 11) is 0. The molecule has 0 aliphatic heterocycles.